The molecule has 4 aromatic rings. The summed E-state index contributed by atoms with van der Waals surface area (Å²) in [7, 11) is 0. The summed E-state index contributed by atoms with van der Waals surface area (Å²) in [5, 5.41) is 10.0. The van der Waals surface area contributed by atoms with E-state index in [4.69, 9.17) is 9.15 Å². The number of carboxylic acid groups (broad SMARTS) is 1. The molecule has 1 N–H and O–H groups in total. The van der Waals surface area contributed by atoms with Crippen LogP contribution in [0.4, 0.5) is 0 Å². The van der Waals surface area contributed by atoms with E-state index in [2.05, 4.69) is 25.1 Å². The second-order valence-corrected chi connectivity index (χ2v) is 9.24. The summed E-state index contributed by atoms with van der Waals surface area (Å²) >= 11 is 0. The van der Waals surface area contributed by atoms with Gasteiger partial charge in [0.1, 0.15) is 29.5 Å². The Hall–Kier alpha value is -4.39. The molecule has 2 heterocycles. The van der Waals surface area contributed by atoms with Crippen molar-refractivity contribution in [3.05, 3.63) is 99.9 Å². The molecule has 7 heteroatoms. The Balaban J connectivity index is 1.36. The lowest BCUT2D eigenvalue weighted by atomic mass is 9.97. The predicted molar refractivity (Wildman–Crippen MR) is 140 cm³/mol. The van der Waals surface area contributed by atoms with Gasteiger partial charge in [0.05, 0.1) is 0 Å². The van der Waals surface area contributed by atoms with Gasteiger partial charge in [-0.3, -0.25) is 4.79 Å². The highest BCUT2D eigenvalue weighted by molar-refractivity contribution is 5.98. The maximum atomic E-state index is 13.0. The van der Waals surface area contributed by atoms with Crippen LogP contribution in [-0.4, -0.2) is 34.5 Å². The highest BCUT2D eigenvalue weighted by atomic mass is 16.5. The highest BCUT2D eigenvalue weighted by Crippen LogP contribution is 2.28. The summed E-state index contributed by atoms with van der Waals surface area (Å²) in [6, 6.07) is 21.9. The molecule has 1 aliphatic rings. The molecule has 5 rings (SSSR count). The van der Waals surface area contributed by atoms with Crippen LogP contribution in [0.15, 0.2) is 82.0 Å². The first-order valence-corrected chi connectivity index (χ1v) is 12.3. The van der Waals surface area contributed by atoms with Gasteiger partial charge in [0.2, 0.25) is 0 Å². The molecule has 1 amide bonds. The SMILES string of the molecule is Cc1c(COc2ccc3cc(C(=O)N4CCCC[C@H]4C(=O)O)c(=O)oc3c2)cccc1-c1ccccc1. The number of amides is 1. The van der Waals surface area contributed by atoms with E-state index in [9.17, 15) is 19.5 Å². The third-order valence-corrected chi connectivity index (χ3v) is 6.91. The van der Waals surface area contributed by atoms with Crippen LogP contribution < -0.4 is 10.4 Å². The summed E-state index contributed by atoms with van der Waals surface area (Å²) in [5.74, 6) is -1.15. The lowest BCUT2D eigenvalue weighted by Gasteiger charge is -2.32. The van der Waals surface area contributed by atoms with Crippen LogP contribution in [0.3, 0.4) is 0 Å². The predicted octanol–water partition coefficient (Wildman–Crippen LogP) is 5.43. The molecule has 1 fully saturated rings. The molecule has 188 valence electrons. The maximum Gasteiger partial charge on any atom is 0.349 e. The first-order chi connectivity index (χ1) is 17.9. The molecule has 37 heavy (non-hydrogen) atoms. The molecule has 3 aromatic carbocycles. The number of carbonyl (C=O) groups is 2. The molecule has 1 aromatic heterocycles. The Kier molecular flexibility index (Phi) is 6.77. The van der Waals surface area contributed by atoms with Gasteiger partial charge in [0, 0.05) is 18.0 Å². The minimum absolute atomic E-state index is 0.164. The molecule has 1 atom stereocenters. The van der Waals surface area contributed by atoms with Crippen molar-refractivity contribution in [1.82, 2.24) is 4.90 Å². The smallest absolute Gasteiger partial charge is 0.349 e. The molecule has 0 radical (unpaired) electrons. The van der Waals surface area contributed by atoms with Gasteiger partial charge in [-0.05, 0) is 66.6 Å². The molecule has 0 spiro atoms. The van der Waals surface area contributed by atoms with Crippen molar-refractivity contribution < 1.29 is 23.8 Å². The Morgan fingerprint density at radius 3 is 2.62 bits per heavy atom. The van der Waals surface area contributed by atoms with Crippen molar-refractivity contribution in [3.8, 4) is 16.9 Å². The van der Waals surface area contributed by atoms with E-state index in [1.807, 2.05) is 30.3 Å². The third kappa shape index (κ3) is 4.98. The number of rotatable bonds is 6. The Morgan fingerprint density at radius 2 is 1.84 bits per heavy atom. The highest BCUT2D eigenvalue weighted by Gasteiger charge is 2.33. The summed E-state index contributed by atoms with van der Waals surface area (Å²) < 4.78 is 11.5. The zero-order chi connectivity index (χ0) is 25.9. The van der Waals surface area contributed by atoms with Gasteiger partial charge in [-0.15, -0.1) is 0 Å². The molecule has 0 saturated carbocycles. The van der Waals surface area contributed by atoms with Gasteiger partial charge in [0.25, 0.3) is 5.91 Å². The van der Waals surface area contributed by atoms with Gasteiger partial charge in [-0.2, -0.15) is 0 Å². The number of benzene rings is 3. The first kappa shape index (κ1) is 24.3. The molecule has 0 aliphatic carbocycles. The summed E-state index contributed by atoms with van der Waals surface area (Å²) in [6.07, 6.45) is 1.79. The van der Waals surface area contributed by atoms with E-state index in [1.54, 1.807) is 18.2 Å². The Bertz CT molecular complexity index is 1520. The van der Waals surface area contributed by atoms with Crippen molar-refractivity contribution in [1.29, 1.82) is 0 Å². The standard InChI is InChI=1S/C30H27NO6/c1-19-22(10-7-11-24(19)20-8-3-2-4-9-20)18-36-23-14-13-21-16-25(30(35)37-27(21)17-23)28(32)31-15-6-5-12-26(31)29(33)34/h2-4,7-11,13-14,16-17,26H,5-6,12,15,18H2,1H3,(H,33,34)/t26-/m0/s1. The third-order valence-electron chi connectivity index (χ3n) is 6.91. The molecule has 0 unspecified atom stereocenters. The van der Waals surface area contributed by atoms with Crippen LogP contribution in [0, 0.1) is 6.92 Å². The second-order valence-electron chi connectivity index (χ2n) is 9.24. The van der Waals surface area contributed by atoms with Crippen molar-refractivity contribution in [2.24, 2.45) is 0 Å². The zero-order valence-corrected chi connectivity index (χ0v) is 20.5. The number of hydrogen-bond acceptors (Lipinski definition) is 5. The summed E-state index contributed by atoms with van der Waals surface area (Å²) in [6.45, 7) is 2.70. The van der Waals surface area contributed by atoms with Crippen LogP contribution in [-0.2, 0) is 11.4 Å². The van der Waals surface area contributed by atoms with Gasteiger partial charge in [0.15, 0.2) is 0 Å². The van der Waals surface area contributed by atoms with E-state index in [0.717, 1.165) is 28.7 Å². The van der Waals surface area contributed by atoms with Crippen molar-refractivity contribution in [2.75, 3.05) is 6.54 Å². The number of hydrogen-bond donors (Lipinski definition) is 1. The minimum Gasteiger partial charge on any atom is -0.489 e. The van der Waals surface area contributed by atoms with Crippen molar-refractivity contribution in [3.63, 3.8) is 0 Å². The van der Waals surface area contributed by atoms with Crippen LogP contribution >= 0.6 is 0 Å². The van der Waals surface area contributed by atoms with Gasteiger partial charge in [-0.25, -0.2) is 9.59 Å². The molecule has 1 saturated heterocycles. The molecule has 1 aliphatic heterocycles. The lowest BCUT2D eigenvalue weighted by molar-refractivity contribution is -0.143. The number of carbonyl (C=O) groups excluding carboxylic acids is 1. The van der Waals surface area contributed by atoms with Crippen molar-refractivity contribution in [2.45, 2.75) is 38.8 Å². The van der Waals surface area contributed by atoms with E-state index in [-0.39, 0.29) is 5.56 Å². The van der Waals surface area contributed by atoms with Crippen LogP contribution in [0.2, 0.25) is 0 Å². The number of piperidine rings is 1. The average molecular weight is 498 g/mol. The molecular weight excluding hydrogens is 470 g/mol. The van der Waals surface area contributed by atoms with Crippen LogP contribution in [0.1, 0.15) is 40.7 Å². The topological polar surface area (TPSA) is 97.0 Å². The minimum atomic E-state index is -1.07. The van der Waals surface area contributed by atoms with Crippen LogP contribution in [0.25, 0.3) is 22.1 Å². The fourth-order valence-electron chi connectivity index (χ4n) is 4.85. The number of likely N-dealkylation sites (tertiary alicyclic amines) is 1. The van der Waals surface area contributed by atoms with Gasteiger partial charge < -0.3 is 19.2 Å². The lowest BCUT2D eigenvalue weighted by Crippen LogP contribution is -2.48. The fourth-order valence-corrected chi connectivity index (χ4v) is 4.85. The number of nitrogens with zero attached hydrogens (tertiary/aromatic N) is 1. The Labute approximate surface area is 213 Å². The first-order valence-electron chi connectivity index (χ1n) is 12.3. The summed E-state index contributed by atoms with van der Waals surface area (Å²) in [5.41, 5.74) is 3.78. The molecule has 7 nitrogen and oxygen atoms in total. The van der Waals surface area contributed by atoms with Gasteiger partial charge in [-0.1, -0.05) is 48.5 Å². The fraction of sp³-hybridized carbons (Fsp3) is 0.233. The van der Waals surface area contributed by atoms with E-state index in [0.29, 0.717) is 42.7 Å². The van der Waals surface area contributed by atoms with E-state index < -0.39 is 23.5 Å². The van der Waals surface area contributed by atoms with E-state index >= 15 is 0 Å². The number of fused-ring (bicyclic) bond motifs is 1. The van der Waals surface area contributed by atoms with Crippen molar-refractivity contribution >= 4 is 22.8 Å². The number of aliphatic carboxylic acids is 1. The largest absolute Gasteiger partial charge is 0.489 e. The average Bonchev–Trinajstić information content (AvgIpc) is 2.92. The maximum absolute atomic E-state index is 13.0. The number of ether oxygens (including phenoxy) is 1. The molecular formula is C30H27NO6. The molecule has 0 bridgehead atoms. The zero-order valence-electron chi connectivity index (χ0n) is 20.5. The quantitative estimate of drug-likeness (QED) is 0.357. The van der Waals surface area contributed by atoms with Crippen LogP contribution in [0.5, 0.6) is 5.75 Å². The monoisotopic (exact) mass is 497 g/mol. The van der Waals surface area contributed by atoms with Gasteiger partial charge >= 0.3 is 11.6 Å². The Morgan fingerprint density at radius 1 is 1.03 bits per heavy atom. The summed E-state index contributed by atoms with van der Waals surface area (Å²) in [4.78, 5) is 38.6. The second kappa shape index (κ2) is 10.3. The normalized spacial score (nSPS) is 15.5. The van der Waals surface area contributed by atoms with E-state index in [1.165, 1.54) is 11.0 Å². The number of carboxylic acids is 1.